The maximum atomic E-state index is 13.0. The molecule has 1 saturated heterocycles. The van der Waals surface area contributed by atoms with E-state index in [0.29, 0.717) is 5.92 Å². The SMILES string of the molecule is CCCC1(C(=O)NC2(CO)CCCC(C)C2)CCNCC1. The highest BCUT2D eigenvalue weighted by atomic mass is 16.3. The highest BCUT2D eigenvalue weighted by Crippen LogP contribution is 2.37. The number of carbonyl (C=O) groups excluding carboxylic acids is 1. The highest BCUT2D eigenvalue weighted by Gasteiger charge is 2.43. The van der Waals surface area contributed by atoms with E-state index in [9.17, 15) is 9.90 Å². The molecule has 0 radical (unpaired) electrons. The van der Waals surface area contributed by atoms with Crippen molar-refractivity contribution in [1.82, 2.24) is 10.6 Å². The minimum absolute atomic E-state index is 0.0730. The predicted molar refractivity (Wildman–Crippen MR) is 85.0 cm³/mol. The van der Waals surface area contributed by atoms with Gasteiger partial charge in [-0.3, -0.25) is 4.79 Å². The van der Waals surface area contributed by atoms with Crippen LogP contribution in [0, 0.1) is 11.3 Å². The summed E-state index contributed by atoms with van der Waals surface area (Å²) in [7, 11) is 0. The quantitative estimate of drug-likeness (QED) is 0.729. The Morgan fingerprint density at radius 2 is 2.05 bits per heavy atom. The van der Waals surface area contributed by atoms with Gasteiger partial charge in [0.05, 0.1) is 17.6 Å². The van der Waals surface area contributed by atoms with Crippen molar-refractivity contribution in [3.05, 3.63) is 0 Å². The van der Waals surface area contributed by atoms with Gasteiger partial charge in [-0.25, -0.2) is 0 Å². The Bertz CT molecular complexity index is 347. The molecule has 2 rings (SSSR count). The fourth-order valence-corrected chi connectivity index (χ4v) is 4.30. The van der Waals surface area contributed by atoms with Gasteiger partial charge in [-0.2, -0.15) is 0 Å². The summed E-state index contributed by atoms with van der Waals surface area (Å²) in [5.41, 5.74) is -0.594. The third kappa shape index (κ3) is 3.78. The molecule has 21 heavy (non-hydrogen) atoms. The lowest BCUT2D eigenvalue weighted by molar-refractivity contribution is -0.136. The first-order chi connectivity index (χ1) is 10.1. The van der Waals surface area contributed by atoms with Gasteiger partial charge in [0.1, 0.15) is 0 Å². The molecule has 3 N–H and O–H groups in total. The van der Waals surface area contributed by atoms with Gasteiger partial charge in [0, 0.05) is 0 Å². The van der Waals surface area contributed by atoms with Crippen LogP contribution in [0.3, 0.4) is 0 Å². The van der Waals surface area contributed by atoms with Crippen LogP contribution in [0.25, 0.3) is 0 Å². The second-order valence-electron chi connectivity index (χ2n) is 7.37. The van der Waals surface area contributed by atoms with E-state index >= 15 is 0 Å². The summed E-state index contributed by atoms with van der Waals surface area (Å²) in [6.07, 6.45) is 7.97. The summed E-state index contributed by atoms with van der Waals surface area (Å²) in [6.45, 7) is 6.30. The third-order valence-corrected chi connectivity index (χ3v) is 5.54. The minimum Gasteiger partial charge on any atom is -0.394 e. The number of hydrogen-bond acceptors (Lipinski definition) is 3. The number of nitrogens with one attached hydrogen (secondary N) is 2. The van der Waals surface area contributed by atoms with Crippen LogP contribution in [-0.4, -0.2) is 36.2 Å². The van der Waals surface area contributed by atoms with Gasteiger partial charge in [0.15, 0.2) is 0 Å². The molecule has 4 nitrogen and oxygen atoms in total. The maximum absolute atomic E-state index is 13.0. The number of hydrogen-bond donors (Lipinski definition) is 3. The zero-order valence-corrected chi connectivity index (χ0v) is 13.7. The average molecular weight is 296 g/mol. The first-order valence-corrected chi connectivity index (χ1v) is 8.70. The topological polar surface area (TPSA) is 61.4 Å². The summed E-state index contributed by atoms with van der Waals surface area (Å²) in [5, 5.41) is 16.5. The molecule has 1 aliphatic carbocycles. The maximum Gasteiger partial charge on any atom is 0.226 e. The van der Waals surface area contributed by atoms with Gasteiger partial charge in [-0.05, 0) is 51.1 Å². The van der Waals surface area contributed by atoms with Crippen molar-refractivity contribution in [2.24, 2.45) is 11.3 Å². The Labute approximate surface area is 129 Å². The van der Waals surface area contributed by atoms with E-state index in [1.54, 1.807) is 0 Å². The summed E-state index contributed by atoms with van der Waals surface area (Å²) in [5.74, 6) is 0.773. The number of carbonyl (C=O) groups is 1. The molecule has 2 fully saturated rings. The predicted octanol–water partition coefficient (Wildman–Crippen LogP) is 2.21. The van der Waals surface area contributed by atoms with E-state index in [4.69, 9.17) is 0 Å². The van der Waals surface area contributed by atoms with Crippen molar-refractivity contribution < 1.29 is 9.90 Å². The highest BCUT2D eigenvalue weighted by molar-refractivity contribution is 5.83. The number of piperidine rings is 1. The lowest BCUT2D eigenvalue weighted by atomic mass is 9.72. The number of aliphatic hydroxyl groups is 1. The van der Waals surface area contributed by atoms with E-state index < -0.39 is 0 Å². The molecular formula is C17H32N2O2. The molecule has 2 atom stereocenters. The molecule has 0 spiro atoms. The molecule has 0 aromatic carbocycles. The average Bonchev–Trinajstić information content (AvgIpc) is 2.48. The Morgan fingerprint density at radius 3 is 2.62 bits per heavy atom. The summed E-state index contributed by atoms with van der Waals surface area (Å²) in [4.78, 5) is 13.0. The zero-order chi connectivity index (χ0) is 15.3. The number of amides is 1. The second-order valence-corrected chi connectivity index (χ2v) is 7.37. The third-order valence-electron chi connectivity index (χ3n) is 5.54. The molecular weight excluding hydrogens is 264 g/mol. The second kappa shape index (κ2) is 7.10. The lowest BCUT2D eigenvalue weighted by Crippen LogP contribution is -2.59. The summed E-state index contributed by atoms with van der Waals surface area (Å²) in [6, 6.07) is 0. The number of aliphatic hydroxyl groups excluding tert-OH is 1. The van der Waals surface area contributed by atoms with Gasteiger partial charge in [0.2, 0.25) is 5.91 Å². The monoisotopic (exact) mass is 296 g/mol. The van der Waals surface area contributed by atoms with E-state index in [-0.39, 0.29) is 23.5 Å². The van der Waals surface area contributed by atoms with Crippen molar-refractivity contribution in [2.75, 3.05) is 19.7 Å². The van der Waals surface area contributed by atoms with Gasteiger partial charge in [0.25, 0.3) is 0 Å². The van der Waals surface area contributed by atoms with E-state index in [0.717, 1.165) is 58.0 Å². The Morgan fingerprint density at radius 1 is 1.33 bits per heavy atom. The summed E-state index contributed by atoms with van der Waals surface area (Å²) >= 11 is 0. The largest absolute Gasteiger partial charge is 0.394 e. The zero-order valence-electron chi connectivity index (χ0n) is 13.7. The summed E-state index contributed by atoms with van der Waals surface area (Å²) < 4.78 is 0. The van der Waals surface area contributed by atoms with E-state index in [1.807, 2.05) is 0 Å². The molecule has 2 unspecified atom stereocenters. The smallest absolute Gasteiger partial charge is 0.226 e. The first-order valence-electron chi connectivity index (χ1n) is 8.70. The van der Waals surface area contributed by atoms with Crippen LogP contribution >= 0.6 is 0 Å². The van der Waals surface area contributed by atoms with E-state index in [1.165, 1.54) is 6.42 Å². The molecule has 1 saturated carbocycles. The van der Waals surface area contributed by atoms with Crippen molar-refractivity contribution in [1.29, 1.82) is 0 Å². The Balaban J connectivity index is 2.09. The molecule has 122 valence electrons. The normalized spacial score (nSPS) is 32.6. The lowest BCUT2D eigenvalue weighted by Gasteiger charge is -2.44. The van der Waals surface area contributed by atoms with Crippen LogP contribution in [0.15, 0.2) is 0 Å². The Kier molecular flexibility index (Phi) is 5.67. The van der Waals surface area contributed by atoms with Crippen LogP contribution in [0.4, 0.5) is 0 Å². The van der Waals surface area contributed by atoms with Crippen LogP contribution in [0.1, 0.15) is 65.2 Å². The van der Waals surface area contributed by atoms with E-state index in [2.05, 4.69) is 24.5 Å². The van der Waals surface area contributed by atoms with Gasteiger partial charge in [-0.1, -0.05) is 33.1 Å². The first kappa shape index (κ1) is 16.8. The molecule has 1 aliphatic heterocycles. The molecule has 0 bridgehead atoms. The van der Waals surface area contributed by atoms with Crippen LogP contribution in [0.2, 0.25) is 0 Å². The van der Waals surface area contributed by atoms with Crippen LogP contribution in [-0.2, 0) is 4.79 Å². The molecule has 4 heteroatoms. The van der Waals surface area contributed by atoms with Gasteiger partial charge in [-0.15, -0.1) is 0 Å². The van der Waals surface area contributed by atoms with Crippen LogP contribution in [0.5, 0.6) is 0 Å². The van der Waals surface area contributed by atoms with Gasteiger partial charge >= 0.3 is 0 Å². The molecule has 1 heterocycles. The van der Waals surface area contributed by atoms with Crippen molar-refractivity contribution >= 4 is 5.91 Å². The standard InChI is InChI=1S/C17H32N2O2/c1-3-6-16(8-10-18-11-9-16)15(21)19-17(13-20)7-4-5-14(2)12-17/h14,18,20H,3-13H2,1-2H3,(H,19,21). The van der Waals surface area contributed by atoms with Crippen LogP contribution < -0.4 is 10.6 Å². The van der Waals surface area contributed by atoms with Gasteiger partial charge < -0.3 is 15.7 Å². The molecule has 0 aromatic heterocycles. The number of rotatable bonds is 5. The van der Waals surface area contributed by atoms with Crippen molar-refractivity contribution in [2.45, 2.75) is 70.8 Å². The Hall–Kier alpha value is -0.610. The molecule has 0 aromatic rings. The van der Waals surface area contributed by atoms with Crippen molar-refractivity contribution in [3.63, 3.8) is 0 Å². The molecule has 2 aliphatic rings. The van der Waals surface area contributed by atoms with Crippen molar-refractivity contribution in [3.8, 4) is 0 Å². The molecule has 1 amide bonds. The minimum atomic E-state index is -0.375. The fourth-order valence-electron chi connectivity index (χ4n) is 4.30. The fraction of sp³-hybridized carbons (Fsp3) is 0.941.